The van der Waals surface area contributed by atoms with Gasteiger partial charge in [0.05, 0.1) is 17.0 Å². The average Bonchev–Trinajstić information content (AvgIpc) is 2.78. The van der Waals surface area contributed by atoms with Gasteiger partial charge in [0.25, 0.3) is 10.0 Å². The summed E-state index contributed by atoms with van der Waals surface area (Å²) in [6.07, 6.45) is -4.52. The van der Waals surface area contributed by atoms with Crippen LogP contribution in [0.3, 0.4) is 0 Å². The third-order valence-electron chi connectivity index (χ3n) is 3.33. The van der Waals surface area contributed by atoms with Gasteiger partial charge in [0.15, 0.2) is 0 Å². The maximum Gasteiger partial charge on any atom is 0.416 e. The van der Waals surface area contributed by atoms with E-state index in [0.717, 1.165) is 24.3 Å². The molecule has 1 heterocycles. The molecule has 0 aromatic heterocycles. The summed E-state index contributed by atoms with van der Waals surface area (Å²) in [5.74, 6) is 0.104. The second kappa shape index (κ2) is 5.80. The topological polar surface area (TPSA) is 61.8 Å². The Balaban J connectivity index is 2.27. The zero-order valence-corrected chi connectivity index (χ0v) is 14.3. The van der Waals surface area contributed by atoms with Crippen molar-refractivity contribution in [2.75, 3.05) is 6.54 Å². The third kappa shape index (κ3) is 3.72. The van der Waals surface area contributed by atoms with E-state index in [9.17, 15) is 21.6 Å². The molecule has 0 spiro atoms. The van der Waals surface area contributed by atoms with E-state index < -0.39 is 27.3 Å². The summed E-state index contributed by atoms with van der Waals surface area (Å²) in [7, 11) is -4.05. The predicted molar refractivity (Wildman–Crippen MR) is 84.8 cm³/mol. The van der Waals surface area contributed by atoms with Crippen LogP contribution in [-0.4, -0.2) is 31.4 Å². The van der Waals surface area contributed by atoms with E-state index in [4.69, 9.17) is 0 Å². The summed E-state index contributed by atoms with van der Waals surface area (Å²) in [6, 6.07) is 3.28. The van der Waals surface area contributed by atoms with Crippen LogP contribution in [0.15, 0.2) is 46.4 Å². The number of hydrogen-bond donors (Lipinski definition) is 1. The molecule has 9 heteroatoms. The van der Waals surface area contributed by atoms with Gasteiger partial charge in [-0.15, -0.1) is 0 Å². The van der Waals surface area contributed by atoms with Gasteiger partial charge in [-0.1, -0.05) is 6.58 Å². The molecule has 0 aliphatic carbocycles. The van der Waals surface area contributed by atoms with E-state index in [0.29, 0.717) is 5.70 Å². The van der Waals surface area contributed by atoms with Crippen molar-refractivity contribution < 1.29 is 21.6 Å². The Hall–Kier alpha value is -2.03. The summed E-state index contributed by atoms with van der Waals surface area (Å²) < 4.78 is 64.8. The number of halogens is 3. The Kier molecular flexibility index (Phi) is 4.43. The van der Waals surface area contributed by atoms with Crippen molar-refractivity contribution in [1.29, 1.82) is 0 Å². The van der Waals surface area contributed by atoms with Crippen LogP contribution in [0.4, 0.5) is 13.2 Å². The van der Waals surface area contributed by atoms with Gasteiger partial charge in [-0.3, -0.25) is 0 Å². The van der Waals surface area contributed by atoms with Crippen LogP contribution >= 0.6 is 0 Å². The molecule has 5 nitrogen and oxygen atoms in total. The summed E-state index contributed by atoms with van der Waals surface area (Å²) in [5.41, 5.74) is -0.730. The Bertz CT molecular complexity index is 776. The van der Waals surface area contributed by atoms with E-state index >= 15 is 0 Å². The summed E-state index contributed by atoms with van der Waals surface area (Å²) in [5, 5.41) is 0. The quantitative estimate of drug-likeness (QED) is 0.881. The smallest absolute Gasteiger partial charge is 0.309 e. The molecule has 1 aromatic carbocycles. The number of benzene rings is 1. The van der Waals surface area contributed by atoms with Gasteiger partial charge >= 0.3 is 6.18 Å². The van der Waals surface area contributed by atoms with Crippen molar-refractivity contribution in [3.63, 3.8) is 0 Å². The lowest BCUT2D eigenvalue weighted by molar-refractivity contribution is -0.137. The standard InChI is InChI=1S/C15H18F3N3O2S/c1-10-9-19-13(21(10)14(2,3)4)20-24(22,23)12-7-5-11(6-8-12)15(16,17)18/h5-8H,1,9H2,2-4H3,(H,19,20). The highest BCUT2D eigenvalue weighted by Gasteiger charge is 2.34. The zero-order chi connectivity index (χ0) is 18.3. The van der Waals surface area contributed by atoms with Crippen LogP contribution in [-0.2, 0) is 16.2 Å². The van der Waals surface area contributed by atoms with Crippen molar-refractivity contribution in [3.8, 4) is 0 Å². The van der Waals surface area contributed by atoms with Crippen molar-refractivity contribution in [3.05, 3.63) is 42.1 Å². The van der Waals surface area contributed by atoms with Crippen LogP contribution in [0.5, 0.6) is 0 Å². The molecular weight excluding hydrogens is 343 g/mol. The number of aliphatic imine (C=N–C) groups is 1. The number of hydrogen-bond acceptors (Lipinski definition) is 4. The van der Waals surface area contributed by atoms with E-state index in [-0.39, 0.29) is 17.4 Å². The van der Waals surface area contributed by atoms with E-state index in [2.05, 4.69) is 16.3 Å². The fourth-order valence-corrected chi connectivity index (χ4v) is 3.34. The largest absolute Gasteiger partial charge is 0.416 e. The summed E-state index contributed by atoms with van der Waals surface area (Å²) in [6.45, 7) is 9.70. The molecular formula is C15H18F3N3O2S. The number of nitrogens with one attached hydrogen (secondary N) is 1. The Morgan fingerprint density at radius 3 is 2.17 bits per heavy atom. The molecule has 2 rings (SSSR count). The van der Waals surface area contributed by atoms with E-state index in [1.165, 1.54) is 0 Å². The highest BCUT2D eigenvalue weighted by atomic mass is 32.2. The Labute approximate surface area is 138 Å². The molecule has 1 aliphatic rings. The molecule has 1 N–H and O–H groups in total. The molecule has 0 bridgehead atoms. The van der Waals surface area contributed by atoms with Crippen LogP contribution in [0.25, 0.3) is 0 Å². The maximum atomic E-state index is 12.6. The molecule has 0 unspecified atom stereocenters. The second-order valence-electron chi connectivity index (χ2n) is 6.34. The van der Waals surface area contributed by atoms with Crippen molar-refractivity contribution in [1.82, 2.24) is 9.62 Å². The van der Waals surface area contributed by atoms with E-state index in [1.807, 2.05) is 20.8 Å². The Morgan fingerprint density at radius 2 is 1.71 bits per heavy atom. The lowest BCUT2D eigenvalue weighted by Crippen LogP contribution is -2.49. The average molecular weight is 361 g/mol. The highest BCUT2D eigenvalue weighted by Crippen LogP contribution is 2.30. The van der Waals surface area contributed by atoms with Gasteiger partial charge < -0.3 is 4.90 Å². The van der Waals surface area contributed by atoms with Gasteiger partial charge in [-0.25, -0.2) is 18.1 Å². The molecule has 0 atom stereocenters. The third-order valence-corrected chi connectivity index (χ3v) is 4.67. The molecule has 0 fully saturated rings. The SMILES string of the molecule is C=C1CN=C(NS(=O)(=O)c2ccc(C(F)(F)F)cc2)N1C(C)(C)C. The van der Waals surface area contributed by atoms with Gasteiger partial charge in [-0.05, 0) is 45.0 Å². The first-order valence-electron chi connectivity index (χ1n) is 7.05. The van der Waals surface area contributed by atoms with Gasteiger partial charge in [0, 0.05) is 11.2 Å². The molecule has 24 heavy (non-hydrogen) atoms. The van der Waals surface area contributed by atoms with Crippen molar-refractivity contribution in [2.45, 2.75) is 37.4 Å². The molecule has 0 saturated carbocycles. The number of sulfonamides is 1. The molecule has 1 aliphatic heterocycles. The van der Waals surface area contributed by atoms with Gasteiger partial charge in [0.2, 0.25) is 5.96 Å². The zero-order valence-electron chi connectivity index (χ0n) is 13.5. The monoisotopic (exact) mass is 361 g/mol. The van der Waals surface area contributed by atoms with Gasteiger partial charge in [0.1, 0.15) is 0 Å². The molecule has 0 radical (unpaired) electrons. The molecule has 0 amide bonds. The molecule has 1 aromatic rings. The number of nitrogens with zero attached hydrogens (tertiary/aromatic N) is 2. The number of alkyl halides is 3. The first-order chi connectivity index (χ1) is 10.8. The van der Waals surface area contributed by atoms with Crippen LogP contribution in [0.1, 0.15) is 26.3 Å². The Morgan fingerprint density at radius 1 is 1.17 bits per heavy atom. The van der Waals surface area contributed by atoms with E-state index in [1.54, 1.807) is 4.90 Å². The van der Waals surface area contributed by atoms with Crippen molar-refractivity contribution >= 4 is 16.0 Å². The molecule has 0 saturated heterocycles. The minimum Gasteiger partial charge on any atom is -0.309 e. The summed E-state index contributed by atoms with van der Waals surface area (Å²) in [4.78, 5) is 5.48. The van der Waals surface area contributed by atoms with Crippen molar-refractivity contribution in [2.24, 2.45) is 4.99 Å². The maximum absolute atomic E-state index is 12.6. The predicted octanol–water partition coefficient (Wildman–Crippen LogP) is 2.97. The highest BCUT2D eigenvalue weighted by molar-refractivity contribution is 7.90. The summed E-state index contributed by atoms with van der Waals surface area (Å²) >= 11 is 0. The fraction of sp³-hybridized carbons (Fsp3) is 0.400. The number of rotatable bonds is 2. The molecule has 132 valence electrons. The first kappa shape index (κ1) is 18.3. The normalized spacial score (nSPS) is 16.3. The van der Waals surface area contributed by atoms with Gasteiger partial charge in [-0.2, -0.15) is 13.2 Å². The van der Waals surface area contributed by atoms with Crippen LogP contribution in [0, 0.1) is 0 Å². The minimum atomic E-state index is -4.52. The van der Waals surface area contributed by atoms with Crippen LogP contribution in [0.2, 0.25) is 0 Å². The minimum absolute atomic E-state index is 0.104. The van der Waals surface area contributed by atoms with Crippen LogP contribution < -0.4 is 4.72 Å². The number of guanidine groups is 1. The lowest BCUT2D eigenvalue weighted by atomic mass is 10.1. The first-order valence-corrected chi connectivity index (χ1v) is 8.53. The fourth-order valence-electron chi connectivity index (χ4n) is 2.33. The lowest BCUT2D eigenvalue weighted by Gasteiger charge is -2.35. The second-order valence-corrected chi connectivity index (χ2v) is 8.02.